The lowest BCUT2D eigenvalue weighted by atomic mass is 10.1. The van der Waals surface area contributed by atoms with Crippen molar-refractivity contribution in [1.29, 1.82) is 5.26 Å². The fourth-order valence-electron chi connectivity index (χ4n) is 1.72. The molecule has 0 N–H and O–H groups in total. The van der Waals surface area contributed by atoms with Crippen LogP contribution in [0.3, 0.4) is 0 Å². The van der Waals surface area contributed by atoms with Gasteiger partial charge in [-0.3, -0.25) is 0 Å². The second kappa shape index (κ2) is 5.74. The summed E-state index contributed by atoms with van der Waals surface area (Å²) < 4.78 is 37.4. The van der Waals surface area contributed by atoms with E-state index < -0.39 is 11.7 Å². The van der Waals surface area contributed by atoms with Crippen LogP contribution in [-0.4, -0.2) is 9.97 Å². The maximum absolute atomic E-state index is 12.5. The highest BCUT2D eigenvalue weighted by Gasteiger charge is 2.30. The van der Waals surface area contributed by atoms with Crippen molar-refractivity contribution < 1.29 is 13.2 Å². The van der Waals surface area contributed by atoms with Crippen LogP contribution in [0.5, 0.6) is 0 Å². The second-order valence-corrected chi connectivity index (χ2v) is 5.37. The van der Waals surface area contributed by atoms with E-state index in [1.54, 1.807) is 19.9 Å². The summed E-state index contributed by atoms with van der Waals surface area (Å²) in [6, 6.07) is 6.07. The van der Waals surface area contributed by atoms with Crippen LogP contribution in [0.25, 0.3) is 0 Å². The third-order valence-corrected chi connectivity index (χ3v) is 3.63. The van der Waals surface area contributed by atoms with E-state index in [1.807, 2.05) is 0 Å². The average molecular weight is 309 g/mol. The molecule has 21 heavy (non-hydrogen) atoms. The summed E-state index contributed by atoms with van der Waals surface area (Å²) in [5.41, 5.74) is 1.12. The molecule has 0 aliphatic heterocycles. The van der Waals surface area contributed by atoms with Gasteiger partial charge in [-0.05, 0) is 49.4 Å². The highest BCUT2D eigenvalue weighted by atomic mass is 32.2. The maximum atomic E-state index is 12.5. The molecular weight excluding hydrogens is 299 g/mol. The molecule has 0 radical (unpaired) electrons. The largest absolute Gasteiger partial charge is 0.417 e. The summed E-state index contributed by atoms with van der Waals surface area (Å²) in [4.78, 5) is 8.02. The number of hydrogen-bond donors (Lipinski definition) is 0. The Balaban J connectivity index is 2.33. The summed E-state index contributed by atoms with van der Waals surface area (Å²) in [7, 11) is 0. The van der Waals surface area contributed by atoms with Gasteiger partial charge in [-0.2, -0.15) is 18.4 Å². The van der Waals surface area contributed by atoms with Gasteiger partial charge in [0.05, 0.1) is 11.1 Å². The zero-order valence-corrected chi connectivity index (χ0v) is 12.0. The summed E-state index contributed by atoms with van der Waals surface area (Å²) in [5, 5.41) is 9.95. The van der Waals surface area contributed by atoms with Crippen LogP contribution in [0.15, 0.2) is 34.4 Å². The summed E-state index contributed by atoms with van der Waals surface area (Å²) in [6.45, 7) is 3.58. The fraction of sp³-hybridized carbons (Fsp3) is 0.214. The van der Waals surface area contributed by atoms with Crippen molar-refractivity contribution in [3.63, 3.8) is 0 Å². The molecule has 2 aromatic heterocycles. The number of alkyl halides is 3. The lowest BCUT2D eigenvalue weighted by molar-refractivity contribution is -0.137. The van der Waals surface area contributed by atoms with Gasteiger partial charge in [-0.25, -0.2) is 9.97 Å². The second-order valence-electron chi connectivity index (χ2n) is 4.36. The van der Waals surface area contributed by atoms with Gasteiger partial charge in [0, 0.05) is 11.9 Å². The maximum Gasteiger partial charge on any atom is 0.417 e. The normalized spacial score (nSPS) is 11.2. The van der Waals surface area contributed by atoms with Crippen molar-refractivity contribution in [2.75, 3.05) is 0 Å². The van der Waals surface area contributed by atoms with Crippen LogP contribution in [0.4, 0.5) is 13.2 Å². The molecular formula is C14H10F3N3S. The van der Waals surface area contributed by atoms with E-state index in [-0.39, 0.29) is 0 Å². The Morgan fingerprint density at radius 1 is 1.24 bits per heavy atom. The van der Waals surface area contributed by atoms with Gasteiger partial charge >= 0.3 is 6.18 Å². The highest BCUT2D eigenvalue weighted by molar-refractivity contribution is 7.99. The van der Waals surface area contributed by atoms with E-state index in [9.17, 15) is 13.2 Å². The predicted molar refractivity (Wildman–Crippen MR) is 71.8 cm³/mol. The zero-order chi connectivity index (χ0) is 15.6. The van der Waals surface area contributed by atoms with E-state index >= 15 is 0 Å². The van der Waals surface area contributed by atoms with E-state index in [1.165, 1.54) is 6.07 Å². The van der Waals surface area contributed by atoms with Crippen molar-refractivity contribution in [2.24, 2.45) is 0 Å². The number of nitrogens with zero attached hydrogens (tertiary/aromatic N) is 3. The molecule has 2 aromatic rings. The van der Waals surface area contributed by atoms with Crippen molar-refractivity contribution in [3.05, 3.63) is 46.8 Å². The molecule has 0 spiro atoms. The standard InChI is InChI=1S/C14H10F3N3S/c1-8-5-9(2)20-13(11(8)6-18)21-12-4-3-10(7-19-12)14(15,16)17/h3-5,7H,1-2H3. The Hall–Kier alpha value is -2.07. The van der Waals surface area contributed by atoms with Crippen molar-refractivity contribution in [1.82, 2.24) is 9.97 Å². The van der Waals surface area contributed by atoms with E-state index in [0.29, 0.717) is 15.6 Å². The number of nitriles is 1. The number of aryl methyl sites for hydroxylation is 2. The Kier molecular flexibility index (Phi) is 4.19. The van der Waals surface area contributed by atoms with Gasteiger partial charge in [-0.1, -0.05) is 0 Å². The molecule has 0 fully saturated rings. The first kappa shape index (κ1) is 15.3. The molecule has 2 rings (SSSR count). The van der Waals surface area contributed by atoms with Gasteiger partial charge in [-0.15, -0.1) is 0 Å². The molecule has 7 heteroatoms. The zero-order valence-electron chi connectivity index (χ0n) is 11.2. The van der Waals surface area contributed by atoms with Crippen LogP contribution in [0, 0.1) is 25.2 Å². The minimum absolute atomic E-state index is 0.358. The Bertz CT molecular complexity index is 703. The van der Waals surface area contributed by atoms with Crippen LogP contribution >= 0.6 is 11.8 Å². The molecule has 3 nitrogen and oxygen atoms in total. The molecule has 0 aromatic carbocycles. The molecule has 2 heterocycles. The average Bonchev–Trinajstić information content (AvgIpc) is 2.38. The summed E-state index contributed by atoms with van der Waals surface area (Å²) in [6.07, 6.45) is -3.64. The van der Waals surface area contributed by atoms with E-state index in [0.717, 1.165) is 35.3 Å². The minimum Gasteiger partial charge on any atom is -0.249 e. The number of pyridine rings is 2. The SMILES string of the molecule is Cc1cc(C)c(C#N)c(Sc2ccc(C(F)(F)F)cn2)n1. The van der Waals surface area contributed by atoms with Crippen LogP contribution < -0.4 is 0 Å². The fourth-order valence-corrected chi connectivity index (χ4v) is 2.66. The molecule has 0 unspecified atom stereocenters. The Morgan fingerprint density at radius 2 is 1.95 bits per heavy atom. The van der Waals surface area contributed by atoms with E-state index in [2.05, 4.69) is 16.0 Å². The van der Waals surface area contributed by atoms with Gasteiger partial charge in [0.2, 0.25) is 0 Å². The third-order valence-electron chi connectivity index (χ3n) is 2.69. The molecule has 0 saturated heterocycles. The lowest BCUT2D eigenvalue weighted by Gasteiger charge is -2.08. The topological polar surface area (TPSA) is 49.6 Å². The number of rotatable bonds is 2. The first-order valence-electron chi connectivity index (χ1n) is 5.90. The van der Waals surface area contributed by atoms with E-state index in [4.69, 9.17) is 5.26 Å². The van der Waals surface area contributed by atoms with Crippen molar-refractivity contribution in [3.8, 4) is 6.07 Å². The molecule has 0 amide bonds. The lowest BCUT2D eigenvalue weighted by Crippen LogP contribution is -2.05. The van der Waals surface area contributed by atoms with Gasteiger partial charge in [0.25, 0.3) is 0 Å². The van der Waals surface area contributed by atoms with Crippen LogP contribution in [0.1, 0.15) is 22.4 Å². The van der Waals surface area contributed by atoms with Gasteiger partial charge in [0.15, 0.2) is 0 Å². The number of hydrogen-bond acceptors (Lipinski definition) is 4. The third kappa shape index (κ3) is 3.52. The molecule has 0 atom stereocenters. The molecule has 108 valence electrons. The predicted octanol–water partition coefficient (Wildman–Crippen LogP) is 4.14. The monoisotopic (exact) mass is 309 g/mol. The first-order chi connectivity index (χ1) is 9.81. The minimum atomic E-state index is -4.41. The Morgan fingerprint density at radius 3 is 2.48 bits per heavy atom. The smallest absolute Gasteiger partial charge is 0.249 e. The summed E-state index contributed by atoms with van der Waals surface area (Å²) in [5.74, 6) is 0. The van der Waals surface area contributed by atoms with Crippen molar-refractivity contribution in [2.45, 2.75) is 30.1 Å². The quantitative estimate of drug-likeness (QED) is 0.836. The van der Waals surface area contributed by atoms with Crippen molar-refractivity contribution >= 4 is 11.8 Å². The Labute approximate surface area is 123 Å². The van der Waals surface area contributed by atoms with Gasteiger partial charge < -0.3 is 0 Å². The number of halogens is 3. The summed E-state index contributed by atoms with van der Waals surface area (Å²) >= 11 is 1.07. The molecule has 0 aliphatic carbocycles. The highest BCUT2D eigenvalue weighted by Crippen LogP contribution is 2.32. The first-order valence-corrected chi connectivity index (χ1v) is 6.72. The number of aromatic nitrogens is 2. The molecule has 0 saturated carbocycles. The van der Waals surface area contributed by atoms with Gasteiger partial charge in [0.1, 0.15) is 16.1 Å². The van der Waals surface area contributed by atoms with Crippen LogP contribution in [0.2, 0.25) is 0 Å². The molecule has 0 aliphatic rings. The van der Waals surface area contributed by atoms with Crippen LogP contribution in [-0.2, 0) is 6.18 Å². The molecule has 0 bridgehead atoms.